The Balaban J connectivity index is -0.0000000257. The molecule has 0 aromatic heterocycles. The second kappa shape index (κ2) is 29.8. The number of aliphatic carboxylic acids is 4. The number of carbonyl (C=O) groups is 4. The summed E-state index contributed by atoms with van der Waals surface area (Å²) in [5.74, 6) is -3.83. The monoisotopic (exact) mass is 450 g/mol. The molecular weight excluding hydrogens is 437 g/mol. The van der Waals surface area contributed by atoms with Gasteiger partial charge in [0.1, 0.15) is 0 Å². The smallest absolute Gasteiger partial charge is 0.550 e. The van der Waals surface area contributed by atoms with Crippen molar-refractivity contribution in [2.24, 2.45) is 0 Å². The molecule has 0 aliphatic rings. The molecule has 18 heavy (non-hydrogen) atoms. The molecule has 0 saturated carbocycles. The molecule has 0 heterocycles. The van der Waals surface area contributed by atoms with Gasteiger partial charge in [-0.05, 0) is 13.8 Å². The van der Waals surface area contributed by atoms with Crippen molar-refractivity contribution in [1.82, 2.24) is 0 Å². The Morgan fingerprint density at radius 3 is 0.722 bits per heavy atom. The predicted octanol–water partition coefficient (Wildman–Crippen LogP) is -2.31. The van der Waals surface area contributed by atoms with Gasteiger partial charge in [-0.15, -0.1) is 0 Å². The fraction of sp³-hybridized carbons (Fsp3) is 0.500. The van der Waals surface area contributed by atoms with Gasteiger partial charge in [-0.25, -0.2) is 0 Å². The summed E-state index contributed by atoms with van der Waals surface area (Å²) >= 11 is 0. The van der Waals surface area contributed by atoms with Gasteiger partial charge >= 0.3 is 20.4 Å². The number of carbonyl (C=O) groups excluding carboxylic acids is 2. The standard InChI is InChI=1S/4C2H4O2.2Pd/c4*1-2(3)4;;/h4*1H3,(H,3,4);;/q;;;;;+2/p-2. The molecule has 0 aliphatic heterocycles. The number of carboxylic acids is 4. The van der Waals surface area contributed by atoms with E-state index < -0.39 is 23.9 Å². The van der Waals surface area contributed by atoms with Gasteiger partial charge in [-0.2, -0.15) is 0 Å². The zero-order valence-corrected chi connectivity index (χ0v) is 13.1. The second-order valence-corrected chi connectivity index (χ2v) is 2.02. The third-order valence-electron chi connectivity index (χ3n) is 0. The first kappa shape index (κ1) is 36.0. The molecule has 0 aromatic rings. The molecule has 0 spiro atoms. The van der Waals surface area contributed by atoms with Gasteiger partial charge in [0.2, 0.25) is 0 Å². The van der Waals surface area contributed by atoms with E-state index in [9.17, 15) is 0 Å². The van der Waals surface area contributed by atoms with Gasteiger partial charge < -0.3 is 30.0 Å². The van der Waals surface area contributed by atoms with Crippen LogP contribution in [0.4, 0.5) is 0 Å². The first-order chi connectivity index (χ1) is 6.93. The number of hydrogen-bond acceptors (Lipinski definition) is 6. The molecule has 0 aromatic carbocycles. The molecule has 0 bridgehead atoms. The summed E-state index contributed by atoms with van der Waals surface area (Å²) in [4.78, 5) is 35.8. The molecule has 2 N–H and O–H groups in total. The Kier molecular flexibility index (Phi) is 59.7. The molecule has 0 fully saturated rings. The second-order valence-electron chi connectivity index (χ2n) is 2.02. The SMILES string of the molecule is CC(=O)O.CC(=O)O.CC(=O)[O-].CC(=O)[O-].[Pd+2].[Pd]. The predicted molar refractivity (Wildman–Crippen MR) is 48.0 cm³/mol. The van der Waals surface area contributed by atoms with Crippen molar-refractivity contribution in [2.75, 3.05) is 0 Å². The van der Waals surface area contributed by atoms with Crippen LogP contribution in [0.5, 0.6) is 0 Å². The normalized spacial score (nSPS) is 5.56. The van der Waals surface area contributed by atoms with Crippen LogP contribution in [0.25, 0.3) is 0 Å². The van der Waals surface area contributed by atoms with E-state index in [0.717, 1.165) is 27.7 Å². The molecule has 0 aliphatic carbocycles. The van der Waals surface area contributed by atoms with Crippen molar-refractivity contribution in [3.05, 3.63) is 0 Å². The van der Waals surface area contributed by atoms with Crippen LogP contribution < -0.4 is 10.2 Å². The summed E-state index contributed by atoms with van der Waals surface area (Å²) in [6.07, 6.45) is 0. The zero-order valence-electron chi connectivity index (χ0n) is 9.98. The van der Waals surface area contributed by atoms with Crippen LogP contribution in [0.15, 0.2) is 0 Å². The van der Waals surface area contributed by atoms with Gasteiger partial charge in [0.25, 0.3) is 11.9 Å². The van der Waals surface area contributed by atoms with E-state index in [0.29, 0.717) is 0 Å². The Morgan fingerprint density at radius 2 is 0.722 bits per heavy atom. The largest absolute Gasteiger partial charge is 2.00 e. The molecule has 8 nitrogen and oxygen atoms in total. The van der Waals surface area contributed by atoms with E-state index >= 15 is 0 Å². The minimum absolute atomic E-state index is 0. The van der Waals surface area contributed by atoms with Crippen molar-refractivity contribution in [3.8, 4) is 0 Å². The summed E-state index contributed by atoms with van der Waals surface area (Å²) in [6.45, 7) is 4.11. The fourth-order valence-electron chi connectivity index (χ4n) is 0. The maximum Gasteiger partial charge on any atom is 2.00 e. The molecular formula is C8H14O8Pd2. The van der Waals surface area contributed by atoms with Gasteiger partial charge in [0, 0.05) is 46.2 Å². The van der Waals surface area contributed by atoms with Crippen molar-refractivity contribution < 1.29 is 80.4 Å². The van der Waals surface area contributed by atoms with Crippen LogP contribution in [0.2, 0.25) is 0 Å². The first-order valence-corrected chi connectivity index (χ1v) is 3.67. The Hall–Kier alpha value is -0.795. The molecule has 0 saturated heterocycles. The number of rotatable bonds is 0. The summed E-state index contributed by atoms with van der Waals surface area (Å²) in [6, 6.07) is 0. The molecule has 10 heteroatoms. The van der Waals surface area contributed by atoms with Crippen molar-refractivity contribution in [3.63, 3.8) is 0 Å². The summed E-state index contributed by atoms with van der Waals surface area (Å²) in [7, 11) is 0. The topological polar surface area (TPSA) is 155 Å². The Bertz CT molecular complexity index is 165. The Labute approximate surface area is 132 Å². The minimum Gasteiger partial charge on any atom is -0.550 e. The molecule has 0 atom stereocenters. The average Bonchev–Trinajstić information content (AvgIpc) is 1.76. The van der Waals surface area contributed by atoms with E-state index in [2.05, 4.69) is 0 Å². The van der Waals surface area contributed by atoms with Crippen LogP contribution in [0.3, 0.4) is 0 Å². The van der Waals surface area contributed by atoms with Gasteiger partial charge in [0.05, 0.1) is 0 Å². The van der Waals surface area contributed by atoms with Crippen LogP contribution in [-0.4, -0.2) is 34.1 Å². The molecule has 0 amide bonds. The molecule has 0 radical (unpaired) electrons. The van der Waals surface area contributed by atoms with Crippen molar-refractivity contribution in [1.29, 1.82) is 0 Å². The average molecular weight is 451 g/mol. The fourth-order valence-corrected chi connectivity index (χ4v) is 0. The van der Waals surface area contributed by atoms with E-state index in [1.54, 1.807) is 0 Å². The summed E-state index contributed by atoms with van der Waals surface area (Å²) in [5.41, 5.74) is 0. The van der Waals surface area contributed by atoms with Gasteiger partial charge in [-0.1, -0.05) is 0 Å². The van der Waals surface area contributed by atoms with Crippen molar-refractivity contribution in [2.45, 2.75) is 27.7 Å². The minimum atomic E-state index is -1.08. The quantitative estimate of drug-likeness (QED) is 0.390. The Morgan fingerprint density at radius 1 is 0.722 bits per heavy atom. The number of hydrogen-bond donors (Lipinski definition) is 2. The van der Waals surface area contributed by atoms with Crippen LogP contribution >= 0.6 is 0 Å². The van der Waals surface area contributed by atoms with E-state index in [4.69, 9.17) is 39.6 Å². The van der Waals surface area contributed by atoms with Crippen molar-refractivity contribution >= 4 is 23.9 Å². The van der Waals surface area contributed by atoms with Crippen LogP contribution in [-0.2, 0) is 60.0 Å². The molecule has 114 valence electrons. The van der Waals surface area contributed by atoms with E-state index in [1.165, 1.54) is 0 Å². The zero-order chi connectivity index (χ0) is 14.3. The maximum atomic E-state index is 9.00. The summed E-state index contributed by atoms with van der Waals surface area (Å²) in [5, 5.41) is 32.6. The van der Waals surface area contributed by atoms with Gasteiger partial charge in [0.15, 0.2) is 0 Å². The van der Waals surface area contributed by atoms with E-state index in [1.807, 2.05) is 0 Å². The first-order valence-electron chi connectivity index (χ1n) is 3.67. The van der Waals surface area contributed by atoms with Gasteiger partial charge in [-0.3, -0.25) is 9.59 Å². The summed E-state index contributed by atoms with van der Waals surface area (Å²) < 4.78 is 0. The molecule has 0 rings (SSSR count). The third kappa shape index (κ3) is 4850. The van der Waals surface area contributed by atoms with Crippen LogP contribution in [0.1, 0.15) is 27.7 Å². The van der Waals surface area contributed by atoms with Crippen LogP contribution in [0, 0.1) is 0 Å². The maximum absolute atomic E-state index is 9.00. The van der Waals surface area contributed by atoms with E-state index in [-0.39, 0.29) is 40.8 Å². The number of carboxylic acid groups (broad SMARTS) is 4. The molecule has 0 unspecified atom stereocenters. The third-order valence-corrected chi connectivity index (χ3v) is 0.